The molecule has 1 aliphatic rings. The van der Waals surface area contributed by atoms with E-state index < -0.39 is 11.7 Å². The third kappa shape index (κ3) is 3.59. The summed E-state index contributed by atoms with van der Waals surface area (Å²) in [6.45, 7) is 6.84. The minimum absolute atomic E-state index is 0.109. The molecule has 1 amide bonds. The molecule has 142 valence electrons. The maximum absolute atomic E-state index is 14.4. The number of hydrogen-bond acceptors (Lipinski definition) is 5. The van der Waals surface area contributed by atoms with E-state index in [0.29, 0.717) is 17.8 Å². The van der Waals surface area contributed by atoms with Gasteiger partial charge in [0.25, 0.3) is 5.91 Å². The summed E-state index contributed by atoms with van der Waals surface area (Å²) in [7, 11) is 0. The summed E-state index contributed by atoms with van der Waals surface area (Å²) in [5.41, 5.74) is 2.48. The van der Waals surface area contributed by atoms with Gasteiger partial charge in [0.15, 0.2) is 11.5 Å². The second kappa shape index (κ2) is 7.01. The quantitative estimate of drug-likeness (QED) is 0.720. The van der Waals surface area contributed by atoms with E-state index in [1.54, 1.807) is 16.8 Å². The maximum Gasteiger partial charge on any atom is 0.269 e. The number of hydrogen-bond donors (Lipinski definition) is 2. The van der Waals surface area contributed by atoms with E-state index in [4.69, 9.17) is 0 Å². The van der Waals surface area contributed by atoms with E-state index in [9.17, 15) is 9.18 Å². The number of nitrogens with zero attached hydrogens (tertiary/aromatic N) is 3. The Hall–Kier alpha value is -2.32. The fraction of sp³-hybridized carbons (Fsp3) is 0.421. The third-order valence-electron chi connectivity index (χ3n) is 4.91. The Morgan fingerprint density at radius 3 is 3.00 bits per heavy atom. The Kier molecular flexibility index (Phi) is 4.69. The van der Waals surface area contributed by atoms with E-state index in [-0.39, 0.29) is 4.88 Å². The van der Waals surface area contributed by atoms with Crippen LogP contribution in [0.4, 0.5) is 10.2 Å². The number of halogens is 1. The first-order chi connectivity index (χ1) is 12.9. The largest absolute Gasteiger partial charge is 0.314 e. The van der Waals surface area contributed by atoms with E-state index >= 15 is 0 Å². The van der Waals surface area contributed by atoms with Gasteiger partial charge < -0.3 is 10.6 Å². The summed E-state index contributed by atoms with van der Waals surface area (Å²) in [6, 6.07) is 3.67. The Balaban J connectivity index is 1.56. The molecule has 2 N–H and O–H groups in total. The number of amides is 1. The van der Waals surface area contributed by atoms with Crippen molar-refractivity contribution in [1.29, 1.82) is 0 Å². The SMILES string of the molecule is Cc1cn2nc(NC(=O)c3sc([C@@H]4CCN[C@@H](C)C4)cc3F)cc(C)c2n1. The minimum atomic E-state index is -0.464. The van der Waals surface area contributed by atoms with Gasteiger partial charge in [-0.3, -0.25) is 4.79 Å². The first-order valence-corrected chi connectivity index (χ1v) is 9.90. The van der Waals surface area contributed by atoms with Crippen LogP contribution in [0.15, 0.2) is 18.3 Å². The van der Waals surface area contributed by atoms with Gasteiger partial charge in [0.2, 0.25) is 0 Å². The molecule has 8 heteroatoms. The molecule has 27 heavy (non-hydrogen) atoms. The molecule has 0 aromatic carbocycles. The van der Waals surface area contributed by atoms with Crippen LogP contribution in [0.3, 0.4) is 0 Å². The van der Waals surface area contributed by atoms with Crippen molar-refractivity contribution in [2.24, 2.45) is 0 Å². The third-order valence-corrected chi connectivity index (χ3v) is 6.18. The molecule has 4 heterocycles. The lowest BCUT2D eigenvalue weighted by atomic mass is 9.92. The number of aryl methyl sites for hydroxylation is 2. The number of rotatable bonds is 3. The molecule has 3 aromatic rings. The lowest BCUT2D eigenvalue weighted by molar-refractivity contribution is 0.102. The zero-order valence-electron chi connectivity index (χ0n) is 15.5. The van der Waals surface area contributed by atoms with Crippen LogP contribution in [0.25, 0.3) is 5.65 Å². The van der Waals surface area contributed by atoms with Crippen LogP contribution in [0.5, 0.6) is 0 Å². The van der Waals surface area contributed by atoms with Crippen molar-refractivity contribution in [3.63, 3.8) is 0 Å². The number of carbonyl (C=O) groups excluding carboxylic acids is 1. The lowest BCUT2D eigenvalue weighted by Gasteiger charge is -2.27. The first kappa shape index (κ1) is 18.1. The molecule has 6 nitrogen and oxygen atoms in total. The molecule has 2 atom stereocenters. The Labute approximate surface area is 160 Å². The number of imidazole rings is 1. The van der Waals surface area contributed by atoms with Gasteiger partial charge in [0.1, 0.15) is 10.7 Å². The van der Waals surface area contributed by atoms with Crippen LogP contribution >= 0.6 is 11.3 Å². The molecule has 1 fully saturated rings. The topological polar surface area (TPSA) is 71.3 Å². The van der Waals surface area contributed by atoms with E-state index in [0.717, 1.165) is 41.2 Å². The first-order valence-electron chi connectivity index (χ1n) is 9.08. The fourth-order valence-electron chi connectivity index (χ4n) is 3.61. The molecule has 1 saturated heterocycles. The number of nitrogens with one attached hydrogen (secondary N) is 2. The number of thiophene rings is 1. The summed E-state index contributed by atoms with van der Waals surface area (Å²) in [6.07, 6.45) is 3.71. The number of anilines is 1. The van der Waals surface area contributed by atoms with Gasteiger partial charge in [-0.25, -0.2) is 13.9 Å². The van der Waals surface area contributed by atoms with Crippen LogP contribution < -0.4 is 10.6 Å². The average molecular weight is 387 g/mol. The molecule has 3 aromatic heterocycles. The number of aromatic nitrogens is 3. The highest BCUT2D eigenvalue weighted by molar-refractivity contribution is 7.14. The lowest BCUT2D eigenvalue weighted by Crippen LogP contribution is -2.34. The van der Waals surface area contributed by atoms with Crippen molar-refractivity contribution < 1.29 is 9.18 Å². The van der Waals surface area contributed by atoms with Gasteiger partial charge >= 0.3 is 0 Å². The smallest absolute Gasteiger partial charge is 0.269 e. The number of piperidine rings is 1. The van der Waals surface area contributed by atoms with Crippen LogP contribution in [0.2, 0.25) is 0 Å². The highest BCUT2D eigenvalue weighted by Gasteiger charge is 2.25. The van der Waals surface area contributed by atoms with E-state index in [2.05, 4.69) is 27.6 Å². The summed E-state index contributed by atoms with van der Waals surface area (Å²) < 4.78 is 16.1. The van der Waals surface area contributed by atoms with Crippen LogP contribution in [0.1, 0.15) is 51.5 Å². The zero-order valence-corrected chi connectivity index (χ0v) is 16.4. The van der Waals surface area contributed by atoms with Gasteiger partial charge in [0, 0.05) is 10.9 Å². The molecule has 0 saturated carbocycles. The second-order valence-electron chi connectivity index (χ2n) is 7.22. The van der Waals surface area contributed by atoms with Crippen LogP contribution in [0, 0.1) is 19.7 Å². The monoisotopic (exact) mass is 387 g/mol. The van der Waals surface area contributed by atoms with Crippen molar-refractivity contribution in [3.05, 3.63) is 45.2 Å². The maximum atomic E-state index is 14.4. The van der Waals surface area contributed by atoms with Gasteiger partial charge in [-0.2, -0.15) is 0 Å². The summed E-state index contributed by atoms with van der Waals surface area (Å²) in [5.74, 6) is -0.246. The molecule has 0 aliphatic carbocycles. The summed E-state index contributed by atoms with van der Waals surface area (Å²) in [5, 5.41) is 10.5. The average Bonchev–Trinajstić information content (AvgIpc) is 3.17. The fourth-order valence-corrected chi connectivity index (χ4v) is 4.69. The Morgan fingerprint density at radius 2 is 2.22 bits per heavy atom. The number of carbonyl (C=O) groups is 1. The molecule has 4 rings (SSSR count). The molecule has 0 radical (unpaired) electrons. The van der Waals surface area contributed by atoms with E-state index in [1.165, 1.54) is 17.4 Å². The Bertz CT molecular complexity index is 1010. The predicted molar refractivity (Wildman–Crippen MR) is 104 cm³/mol. The molecular weight excluding hydrogens is 365 g/mol. The second-order valence-corrected chi connectivity index (χ2v) is 8.30. The Morgan fingerprint density at radius 1 is 1.41 bits per heavy atom. The summed E-state index contributed by atoms with van der Waals surface area (Å²) in [4.78, 5) is 18.1. The highest BCUT2D eigenvalue weighted by atomic mass is 32.1. The molecular formula is C19H22FN5OS. The standard InChI is InChI=1S/C19H22FN5OS/c1-10-6-16(24-25-9-12(3)22-18(10)25)23-19(26)17-14(20)8-15(27-17)13-4-5-21-11(2)7-13/h6,8-9,11,13,21H,4-5,7H2,1-3H3,(H,23,24,26)/t11-,13+/m0/s1. The molecule has 0 bridgehead atoms. The highest BCUT2D eigenvalue weighted by Crippen LogP contribution is 2.34. The zero-order chi connectivity index (χ0) is 19.1. The van der Waals surface area contributed by atoms with E-state index in [1.807, 2.05) is 13.8 Å². The van der Waals surface area contributed by atoms with Gasteiger partial charge in [-0.1, -0.05) is 0 Å². The summed E-state index contributed by atoms with van der Waals surface area (Å²) >= 11 is 1.25. The normalized spacial score (nSPS) is 20.1. The predicted octanol–water partition coefficient (Wildman–Crippen LogP) is 3.65. The van der Waals surface area contributed by atoms with Gasteiger partial charge in [0.05, 0.1) is 11.9 Å². The number of fused-ring (bicyclic) bond motifs is 1. The van der Waals surface area contributed by atoms with Crippen molar-refractivity contribution in [1.82, 2.24) is 19.9 Å². The van der Waals surface area contributed by atoms with Crippen molar-refractivity contribution in [2.75, 3.05) is 11.9 Å². The van der Waals surface area contributed by atoms with Crippen LogP contribution in [-0.2, 0) is 0 Å². The minimum Gasteiger partial charge on any atom is -0.314 e. The molecule has 1 aliphatic heterocycles. The molecule has 0 spiro atoms. The van der Waals surface area contributed by atoms with Crippen molar-refractivity contribution in [3.8, 4) is 0 Å². The van der Waals surface area contributed by atoms with Gasteiger partial charge in [-0.15, -0.1) is 16.4 Å². The van der Waals surface area contributed by atoms with Crippen molar-refractivity contribution >= 4 is 28.7 Å². The van der Waals surface area contributed by atoms with Crippen LogP contribution in [-0.4, -0.2) is 33.1 Å². The van der Waals surface area contributed by atoms with Gasteiger partial charge in [-0.05, 0) is 63.8 Å². The molecule has 0 unspecified atom stereocenters. The van der Waals surface area contributed by atoms with Crippen molar-refractivity contribution in [2.45, 2.75) is 45.6 Å².